The maximum atomic E-state index is 6.22. The number of hydrogen-bond acceptors (Lipinski definition) is 1. The first-order chi connectivity index (χ1) is 6.27. The molecule has 3 heteroatoms. The number of aromatic nitrogens is 1. The Labute approximate surface area is 87.1 Å². The fourth-order valence-electron chi connectivity index (χ4n) is 2.67. The zero-order chi connectivity index (χ0) is 9.00. The number of hydrogen-bond donors (Lipinski definition) is 0. The van der Waals surface area contributed by atoms with Gasteiger partial charge in [0.2, 0.25) is 0 Å². The van der Waals surface area contributed by atoms with Gasteiger partial charge in [-0.05, 0) is 24.5 Å². The summed E-state index contributed by atoms with van der Waals surface area (Å²) in [7, 11) is 0. The molecule has 0 amide bonds. The summed E-state index contributed by atoms with van der Waals surface area (Å²) in [6, 6.07) is 1.87. The van der Waals surface area contributed by atoms with E-state index >= 15 is 0 Å². The average molecular weight is 214 g/mol. The monoisotopic (exact) mass is 213 g/mol. The van der Waals surface area contributed by atoms with Gasteiger partial charge in [-0.15, -0.1) is 11.6 Å². The van der Waals surface area contributed by atoms with Crippen molar-refractivity contribution in [1.29, 1.82) is 0 Å². The second kappa shape index (κ2) is 2.61. The fourth-order valence-corrected chi connectivity index (χ4v) is 3.40. The van der Waals surface area contributed by atoms with Crippen LogP contribution < -0.4 is 0 Å². The zero-order valence-corrected chi connectivity index (χ0v) is 8.52. The van der Waals surface area contributed by atoms with E-state index < -0.39 is 0 Å². The summed E-state index contributed by atoms with van der Waals surface area (Å²) in [5.41, 5.74) is 2.43. The van der Waals surface area contributed by atoms with Crippen LogP contribution in [0.25, 0.3) is 0 Å². The first-order valence-electron chi connectivity index (χ1n) is 4.55. The molecule has 1 aromatic rings. The van der Waals surface area contributed by atoms with Crippen molar-refractivity contribution in [2.75, 3.05) is 0 Å². The van der Waals surface area contributed by atoms with Gasteiger partial charge < -0.3 is 0 Å². The van der Waals surface area contributed by atoms with Crippen molar-refractivity contribution in [1.82, 2.24) is 4.98 Å². The van der Waals surface area contributed by atoms with Gasteiger partial charge in [0.1, 0.15) is 0 Å². The van der Waals surface area contributed by atoms with Gasteiger partial charge in [-0.25, -0.2) is 0 Å². The van der Waals surface area contributed by atoms with Crippen molar-refractivity contribution >= 4 is 23.2 Å². The van der Waals surface area contributed by atoms with Crippen LogP contribution in [0.1, 0.15) is 35.9 Å². The number of pyridine rings is 1. The summed E-state index contributed by atoms with van der Waals surface area (Å²) in [5.74, 6) is 1.03. The first kappa shape index (κ1) is 8.07. The quantitative estimate of drug-likeness (QED) is 0.603. The Kier molecular flexibility index (Phi) is 1.62. The normalized spacial score (nSPS) is 35.1. The molecule has 0 aromatic carbocycles. The summed E-state index contributed by atoms with van der Waals surface area (Å²) in [6.45, 7) is 0. The number of alkyl halides is 1. The van der Waals surface area contributed by atoms with Crippen molar-refractivity contribution in [2.45, 2.75) is 30.1 Å². The van der Waals surface area contributed by atoms with Crippen molar-refractivity contribution in [3.63, 3.8) is 0 Å². The number of fused-ring (bicyclic) bond motifs is 5. The average Bonchev–Trinajstić information content (AvgIpc) is 2.62. The molecule has 2 bridgehead atoms. The van der Waals surface area contributed by atoms with Gasteiger partial charge in [0.05, 0.1) is 0 Å². The summed E-state index contributed by atoms with van der Waals surface area (Å²) in [6.07, 6.45) is 4.03. The van der Waals surface area contributed by atoms with E-state index in [0.29, 0.717) is 11.8 Å². The Hall–Kier alpha value is -0.270. The Morgan fingerprint density at radius 1 is 1.38 bits per heavy atom. The number of nitrogens with zero attached hydrogens (tertiary/aromatic N) is 1. The highest BCUT2D eigenvalue weighted by molar-refractivity contribution is 6.31. The van der Waals surface area contributed by atoms with Crippen LogP contribution in [0.4, 0.5) is 0 Å². The molecule has 68 valence electrons. The highest BCUT2D eigenvalue weighted by Gasteiger charge is 2.44. The van der Waals surface area contributed by atoms with E-state index in [2.05, 4.69) is 4.98 Å². The minimum Gasteiger partial charge on any atom is -0.261 e. The Morgan fingerprint density at radius 3 is 3.08 bits per heavy atom. The van der Waals surface area contributed by atoms with E-state index in [1.54, 1.807) is 6.20 Å². The van der Waals surface area contributed by atoms with E-state index in [1.807, 2.05) is 6.07 Å². The molecule has 2 aliphatic carbocycles. The minimum atomic E-state index is 0.277. The van der Waals surface area contributed by atoms with Crippen LogP contribution in [-0.4, -0.2) is 10.4 Å². The second-order valence-corrected chi connectivity index (χ2v) is 4.85. The molecule has 3 atom stereocenters. The maximum Gasteiger partial charge on any atom is 0.0485 e. The van der Waals surface area contributed by atoms with Gasteiger partial charge >= 0.3 is 0 Å². The summed E-state index contributed by atoms with van der Waals surface area (Å²) < 4.78 is 0. The molecule has 0 unspecified atom stereocenters. The predicted octanol–water partition coefficient (Wildman–Crippen LogP) is 3.32. The maximum absolute atomic E-state index is 6.22. The lowest BCUT2D eigenvalue weighted by atomic mass is 9.96. The van der Waals surface area contributed by atoms with Gasteiger partial charge in [-0.1, -0.05) is 11.6 Å². The van der Waals surface area contributed by atoms with Crippen LogP contribution in [0.3, 0.4) is 0 Å². The molecular formula is C10H9Cl2N. The van der Waals surface area contributed by atoms with Crippen molar-refractivity contribution in [3.8, 4) is 0 Å². The minimum absolute atomic E-state index is 0.277. The SMILES string of the molecule is Clc1ccnc2c1[C@@H]1C[C@H]2C[C@H]1Cl. The van der Waals surface area contributed by atoms with Crippen LogP contribution >= 0.6 is 23.2 Å². The van der Waals surface area contributed by atoms with Crippen LogP contribution in [0.5, 0.6) is 0 Å². The van der Waals surface area contributed by atoms with Crippen LogP contribution in [0.15, 0.2) is 12.3 Å². The summed E-state index contributed by atoms with van der Waals surface area (Å²) >= 11 is 12.4. The van der Waals surface area contributed by atoms with Crippen LogP contribution in [-0.2, 0) is 0 Å². The van der Waals surface area contributed by atoms with Crippen molar-refractivity contribution in [2.24, 2.45) is 0 Å². The molecule has 1 saturated carbocycles. The lowest BCUT2D eigenvalue weighted by Gasteiger charge is -2.19. The molecule has 1 heterocycles. The largest absolute Gasteiger partial charge is 0.261 e. The summed E-state index contributed by atoms with van der Waals surface area (Å²) in [5, 5.41) is 1.13. The third kappa shape index (κ3) is 0.976. The van der Waals surface area contributed by atoms with Gasteiger partial charge in [0.25, 0.3) is 0 Å². The molecule has 3 rings (SSSR count). The van der Waals surface area contributed by atoms with Crippen LogP contribution in [0, 0.1) is 0 Å². The van der Waals surface area contributed by atoms with Gasteiger partial charge in [0, 0.05) is 34.1 Å². The van der Waals surface area contributed by atoms with Crippen LogP contribution in [0.2, 0.25) is 5.02 Å². The highest BCUT2D eigenvalue weighted by Crippen LogP contribution is 2.55. The van der Waals surface area contributed by atoms with Gasteiger partial charge in [0.15, 0.2) is 0 Å². The Bertz CT molecular complexity index is 364. The second-order valence-electron chi connectivity index (χ2n) is 3.88. The van der Waals surface area contributed by atoms with E-state index in [0.717, 1.165) is 17.9 Å². The molecule has 0 N–H and O–H groups in total. The zero-order valence-electron chi connectivity index (χ0n) is 7.00. The third-order valence-electron chi connectivity index (χ3n) is 3.21. The first-order valence-corrected chi connectivity index (χ1v) is 5.37. The van der Waals surface area contributed by atoms with E-state index in [1.165, 1.54) is 11.3 Å². The summed E-state index contributed by atoms with van der Waals surface area (Å²) in [4.78, 5) is 4.39. The highest BCUT2D eigenvalue weighted by atomic mass is 35.5. The number of halogens is 2. The standard InChI is InChI=1S/C10H9Cl2N/c11-7-1-2-13-10-5-3-6(9(7)10)8(12)4-5/h1-2,5-6,8H,3-4H2/t5-,6+,8+/m0/s1. The van der Waals surface area contributed by atoms with E-state index in [4.69, 9.17) is 23.2 Å². The molecule has 1 fully saturated rings. The molecule has 13 heavy (non-hydrogen) atoms. The molecular weight excluding hydrogens is 205 g/mol. The van der Waals surface area contributed by atoms with Crippen molar-refractivity contribution < 1.29 is 0 Å². The smallest absolute Gasteiger partial charge is 0.0485 e. The molecule has 0 aliphatic heterocycles. The molecule has 0 saturated heterocycles. The van der Waals surface area contributed by atoms with Crippen molar-refractivity contribution in [3.05, 3.63) is 28.5 Å². The fraction of sp³-hybridized carbons (Fsp3) is 0.500. The predicted molar refractivity (Wildman–Crippen MR) is 53.6 cm³/mol. The van der Waals surface area contributed by atoms with Gasteiger partial charge in [-0.3, -0.25) is 4.98 Å². The third-order valence-corrected chi connectivity index (χ3v) is 4.02. The Morgan fingerprint density at radius 2 is 2.23 bits per heavy atom. The number of rotatable bonds is 0. The lowest BCUT2D eigenvalue weighted by molar-refractivity contribution is 0.704. The molecule has 0 spiro atoms. The lowest BCUT2D eigenvalue weighted by Crippen LogP contribution is -2.11. The van der Waals surface area contributed by atoms with E-state index in [9.17, 15) is 0 Å². The molecule has 1 aromatic heterocycles. The van der Waals surface area contributed by atoms with E-state index in [-0.39, 0.29) is 5.38 Å². The topological polar surface area (TPSA) is 12.9 Å². The van der Waals surface area contributed by atoms with Gasteiger partial charge in [-0.2, -0.15) is 0 Å². The Balaban J connectivity index is 2.21. The molecule has 2 aliphatic rings. The molecule has 1 nitrogen and oxygen atoms in total. The molecule has 0 radical (unpaired) electrons.